The summed E-state index contributed by atoms with van der Waals surface area (Å²) in [7, 11) is 0. The SMILES string of the molecule is OCC1CN(Cc2ccc(Cl)c(F)c2)CCO1. The van der Waals surface area contributed by atoms with Crippen LogP contribution in [0.3, 0.4) is 0 Å². The van der Waals surface area contributed by atoms with Gasteiger partial charge in [0.25, 0.3) is 0 Å². The number of hydrogen-bond donors (Lipinski definition) is 1. The van der Waals surface area contributed by atoms with E-state index >= 15 is 0 Å². The largest absolute Gasteiger partial charge is 0.394 e. The van der Waals surface area contributed by atoms with Crippen molar-refractivity contribution in [3.8, 4) is 0 Å². The van der Waals surface area contributed by atoms with Crippen molar-refractivity contribution in [3.05, 3.63) is 34.6 Å². The van der Waals surface area contributed by atoms with Crippen LogP contribution in [0.15, 0.2) is 18.2 Å². The number of rotatable bonds is 3. The molecule has 0 saturated carbocycles. The summed E-state index contributed by atoms with van der Waals surface area (Å²) >= 11 is 5.63. The van der Waals surface area contributed by atoms with Gasteiger partial charge in [0, 0.05) is 19.6 Å². The molecule has 1 fully saturated rings. The van der Waals surface area contributed by atoms with Gasteiger partial charge < -0.3 is 9.84 Å². The summed E-state index contributed by atoms with van der Waals surface area (Å²) in [4.78, 5) is 2.13. The number of ether oxygens (including phenoxy) is 1. The van der Waals surface area contributed by atoms with Crippen molar-refractivity contribution in [1.82, 2.24) is 4.90 Å². The van der Waals surface area contributed by atoms with Gasteiger partial charge >= 0.3 is 0 Å². The first-order valence-corrected chi connectivity index (χ1v) is 5.95. The molecule has 1 unspecified atom stereocenters. The second kappa shape index (κ2) is 5.78. The third-order valence-electron chi connectivity index (χ3n) is 2.82. The third kappa shape index (κ3) is 3.39. The summed E-state index contributed by atoms with van der Waals surface area (Å²) in [6, 6.07) is 4.83. The van der Waals surface area contributed by atoms with E-state index in [1.165, 1.54) is 6.07 Å². The van der Waals surface area contributed by atoms with Gasteiger partial charge in [-0.05, 0) is 17.7 Å². The van der Waals surface area contributed by atoms with Gasteiger partial charge in [-0.2, -0.15) is 0 Å². The molecule has 1 heterocycles. The van der Waals surface area contributed by atoms with Crippen LogP contribution in [0.25, 0.3) is 0 Å². The van der Waals surface area contributed by atoms with Crippen LogP contribution in [0.5, 0.6) is 0 Å². The molecule has 0 aromatic heterocycles. The molecule has 1 saturated heterocycles. The van der Waals surface area contributed by atoms with E-state index < -0.39 is 5.82 Å². The Hall–Kier alpha value is -0.680. The second-order valence-electron chi connectivity index (χ2n) is 4.16. The summed E-state index contributed by atoms with van der Waals surface area (Å²) in [5.41, 5.74) is 0.880. The van der Waals surface area contributed by atoms with E-state index in [-0.39, 0.29) is 17.7 Å². The lowest BCUT2D eigenvalue weighted by atomic mass is 10.2. The molecule has 5 heteroatoms. The summed E-state index contributed by atoms with van der Waals surface area (Å²) in [6.45, 7) is 2.72. The van der Waals surface area contributed by atoms with Gasteiger partial charge in [-0.15, -0.1) is 0 Å². The molecule has 2 rings (SSSR count). The monoisotopic (exact) mass is 259 g/mol. The Labute approximate surface area is 105 Å². The van der Waals surface area contributed by atoms with Gasteiger partial charge in [-0.1, -0.05) is 17.7 Å². The van der Waals surface area contributed by atoms with Crippen molar-refractivity contribution in [2.45, 2.75) is 12.6 Å². The predicted molar refractivity (Wildman–Crippen MR) is 63.5 cm³/mol. The minimum Gasteiger partial charge on any atom is -0.394 e. The lowest BCUT2D eigenvalue weighted by molar-refractivity contribution is -0.0551. The maximum Gasteiger partial charge on any atom is 0.142 e. The highest BCUT2D eigenvalue weighted by Crippen LogP contribution is 2.17. The number of hydrogen-bond acceptors (Lipinski definition) is 3. The lowest BCUT2D eigenvalue weighted by Crippen LogP contribution is -2.43. The molecule has 1 N–H and O–H groups in total. The van der Waals surface area contributed by atoms with Gasteiger partial charge in [0.2, 0.25) is 0 Å². The van der Waals surface area contributed by atoms with E-state index in [1.54, 1.807) is 6.07 Å². The smallest absolute Gasteiger partial charge is 0.142 e. The van der Waals surface area contributed by atoms with E-state index in [9.17, 15) is 4.39 Å². The van der Waals surface area contributed by atoms with Crippen LogP contribution in [0, 0.1) is 5.82 Å². The van der Waals surface area contributed by atoms with Gasteiger partial charge in [0.05, 0.1) is 24.3 Å². The van der Waals surface area contributed by atoms with Crippen LogP contribution in [0.4, 0.5) is 4.39 Å². The number of benzene rings is 1. The van der Waals surface area contributed by atoms with Crippen LogP contribution < -0.4 is 0 Å². The van der Waals surface area contributed by atoms with Gasteiger partial charge in [-0.3, -0.25) is 4.90 Å². The topological polar surface area (TPSA) is 32.7 Å². The van der Waals surface area contributed by atoms with E-state index in [4.69, 9.17) is 21.4 Å². The molecule has 1 aliphatic heterocycles. The maximum atomic E-state index is 13.3. The first kappa shape index (κ1) is 12.8. The first-order chi connectivity index (χ1) is 8.19. The fourth-order valence-corrected chi connectivity index (χ4v) is 2.05. The zero-order chi connectivity index (χ0) is 12.3. The molecule has 17 heavy (non-hydrogen) atoms. The molecular weight excluding hydrogens is 245 g/mol. The van der Waals surface area contributed by atoms with Crippen LogP contribution in [0.2, 0.25) is 5.02 Å². The molecular formula is C12H15ClFNO2. The Bertz CT molecular complexity index is 389. The average molecular weight is 260 g/mol. The van der Waals surface area contributed by atoms with E-state index in [0.717, 1.165) is 12.1 Å². The van der Waals surface area contributed by atoms with Crippen molar-refractivity contribution < 1.29 is 14.2 Å². The predicted octanol–water partition coefficient (Wildman–Crippen LogP) is 1.67. The van der Waals surface area contributed by atoms with Crippen molar-refractivity contribution in [1.29, 1.82) is 0 Å². The number of aliphatic hydroxyl groups is 1. The molecule has 0 bridgehead atoms. The Balaban J connectivity index is 1.97. The van der Waals surface area contributed by atoms with Crippen LogP contribution in [0.1, 0.15) is 5.56 Å². The van der Waals surface area contributed by atoms with Crippen molar-refractivity contribution >= 4 is 11.6 Å². The maximum absolute atomic E-state index is 13.3. The van der Waals surface area contributed by atoms with E-state index in [2.05, 4.69) is 4.90 Å². The molecule has 1 aromatic rings. The van der Waals surface area contributed by atoms with Crippen LogP contribution >= 0.6 is 11.6 Å². The van der Waals surface area contributed by atoms with E-state index in [0.29, 0.717) is 19.7 Å². The fourth-order valence-electron chi connectivity index (χ4n) is 1.93. The van der Waals surface area contributed by atoms with Gasteiger partial charge in [0.1, 0.15) is 5.82 Å². The first-order valence-electron chi connectivity index (χ1n) is 5.58. The van der Waals surface area contributed by atoms with Gasteiger partial charge in [0.15, 0.2) is 0 Å². The summed E-state index contributed by atoms with van der Waals surface area (Å²) in [6.07, 6.45) is -0.138. The number of nitrogens with zero attached hydrogens (tertiary/aromatic N) is 1. The number of morpholine rings is 1. The fraction of sp³-hybridized carbons (Fsp3) is 0.500. The Morgan fingerprint density at radius 1 is 1.53 bits per heavy atom. The van der Waals surface area contributed by atoms with Gasteiger partial charge in [-0.25, -0.2) is 4.39 Å². The molecule has 0 aliphatic carbocycles. The summed E-state index contributed by atoms with van der Waals surface area (Å²) in [5, 5.41) is 9.17. The Kier molecular flexibility index (Phi) is 4.34. The van der Waals surface area contributed by atoms with E-state index in [1.807, 2.05) is 6.07 Å². The molecule has 0 radical (unpaired) electrons. The third-order valence-corrected chi connectivity index (χ3v) is 3.12. The highest BCUT2D eigenvalue weighted by Gasteiger charge is 2.19. The quantitative estimate of drug-likeness (QED) is 0.896. The Morgan fingerprint density at radius 2 is 2.35 bits per heavy atom. The average Bonchev–Trinajstić information content (AvgIpc) is 2.34. The summed E-state index contributed by atoms with van der Waals surface area (Å²) in [5.74, 6) is -0.392. The summed E-state index contributed by atoms with van der Waals surface area (Å²) < 4.78 is 18.6. The zero-order valence-electron chi connectivity index (χ0n) is 9.40. The van der Waals surface area contributed by atoms with Crippen molar-refractivity contribution in [3.63, 3.8) is 0 Å². The lowest BCUT2D eigenvalue weighted by Gasteiger charge is -2.31. The van der Waals surface area contributed by atoms with Crippen LogP contribution in [-0.2, 0) is 11.3 Å². The second-order valence-corrected chi connectivity index (χ2v) is 4.57. The highest BCUT2D eigenvalue weighted by atomic mass is 35.5. The highest BCUT2D eigenvalue weighted by molar-refractivity contribution is 6.30. The molecule has 94 valence electrons. The number of halogens is 2. The number of aliphatic hydroxyl groups excluding tert-OH is 1. The standard InChI is InChI=1S/C12H15ClFNO2/c13-11-2-1-9(5-12(11)14)6-15-3-4-17-10(7-15)8-16/h1-2,5,10,16H,3-4,6-8H2. The molecule has 1 aliphatic rings. The molecule has 0 spiro atoms. The molecule has 1 atom stereocenters. The van der Waals surface area contributed by atoms with Crippen molar-refractivity contribution in [2.75, 3.05) is 26.3 Å². The molecule has 1 aromatic carbocycles. The molecule has 3 nitrogen and oxygen atoms in total. The zero-order valence-corrected chi connectivity index (χ0v) is 10.2. The minimum atomic E-state index is -0.392. The van der Waals surface area contributed by atoms with Crippen molar-refractivity contribution in [2.24, 2.45) is 0 Å². The Morgan fingerprint density at radius 3 is 3.06 bits per heavy atom. The van der Waals surface area contributed by atoms with Crippen LogP contribution in [-0.4, -0.2) is 42.4 Å². The molecule has 0 amide bonds. The normalized spacial score (nSPS) is 21.7. The minimum absolute atomic E-state index is 0.0193.